The van der Waals surface area contributed by atoms with Crippen LogP contribution in [0.3, 0.4) is 0 Å². The number of methoxy groups -OCH3 is 1. The van der Waals surface area contributed by atoms with Crippen LogP contribution < -0.4 is 15.0 Å². The Morgan fingerprint density at radius 3 is 3.04 bits per heavy atom. The lowest BCUT2D eigenvalue weighted by Gasteiger charge is -2.26. The van der Waals surface area contributed by atoms with Gasteiger partial charge in [-0.25, -0.2) is 0 Å². The third-order valence-electron chi connectivity index (χ3n) is 4.14. The van der Waals surface area contributed by atoms with E-state index in [1.807, 2.05) is 24.3 Å². The van der Waals surface area contributed by atoms with E-state index in [0.29, 0.717) is 6.54 Å². The SMILES string of the molecule is CCN1CCCc2cc(C(=O)NCc3cccc(OC)c3)sc21. The lowest BCUT2D eigenvalue weighted by Crippen LogP contribution is -2.27. The number of fused-ring (bicyclic) bond motifs is 1. The first-order valence-electron chi connectivity index (χ1n) is 8.00. The second kappa shape index (κ2) is 7.04. The van der Waals surface area contributed by atoms with Gasteiger partial charge in [-0.15, -0.1) is 11.3 Å². The monoisotopic (exact) mass is 330 g/mol. The molecule has 1 aromatic heterocycles. The maximum absolute atomic E-state index is 12.4. The maximum Gasteiger partial charge on any atom is 0.261 e. The number of aryl methyl sites for hydroxylation is 1. The Balaban J connectivity index is 1.68. The summed E-state index contributed by atoms with van der Waals surface area (Å²) in [6.45, 7) is 4.76. The van der Waals surface area contributed by atoms with Crippen LogP contribution in [-0.4, -0.2) is 26.1 Å². The molecule has 0 radical (unpaired) electrons. The maximum atomic E-state index is 12.4. The molecule has 0 bridgehead atoms. The molecule has 0 spiro atoms. The van der Waals surface area contributed by atoms with Gasteiger partial charge in [0.15, 0.2) is 0 Å². The van der Waals surface area contributed by atoms with Crippen molar-refractivity contribution in [3.05, 3.63) is 46.3 Å². The highest BCUT2D eigenvalue weighted by atomic mass is 32.1. The summed E-state index contributed by atoms with van der Waals surface area (Å²) in [4.78, 5) is 15.6. The zero-order valence-electron chi connectivity index (χ0n) is 13.6. The third-order valence-corrected chi connectivity index (χ3v) is 5.38. The van der Waals surface area contributed by atoms with Crippen LogP contribution in [0.2, 0.25) is 0 Å². The van der Waals surface area contributed by atoms with Gasteiger partial charge < -0.3 is 15.0 Å². The summed E-state index contributed by atoms with van der Waals surface area (Å²) in [5.41, 5.74) is 2.35. The van der Waals surface area contributed by atoms with Crippen molar-refractivity contribution in [3.63, 3.8) is 0 Å². The largest absolute Gasteiger partial charge is 0.497 e. The van der Waals surface area contributed by atoms with Crippen molar-refractivity contribution in [2.45, 2.75) is 26.3 Å². The van der Waals surface area contributed by atoms with Crippen LogP contribution in [0.1, 0.15) is 34.1 Å². The Kier molecular flexibility index (Phi) is 4.86. The first-order chi connectivity index (χ1) is 11.2. The van der Waals surface area contributed by atoms with E-state index < -0.39 is 0 Å². The van der Waals surface area contributed by atoms with Crippen LogP contribution in [0.4, 0.5) is 5.00 Å². The van der Waals surface area contributed by atoms with Gasteiger partial charge in [-0.3, -0.25) is 4.79 Å². The topological polar surface area (TPSA) is 41.6 Å². The second-order valence-electron chi connectivity index (χ2n) is 5.66. The number of nitrogens with one attached hydrogen (secondary N) is 1. The molecule has 0 unspecified atom stereocenters. The molecule has 1 aliphatic heterocycles. The fourth-order valence-corrected chi connectivity index (χ4v) is 4.11. The van der Waals surface area contributed by atoms with Gasteiger partial charge in [-0.1, -0.05) is 12.1 Å². The van der Waals surface area contributed by atoms with Gasteiger partial charge in [0.1, 0.15) is 5.75 Å². The van der Waals surface area contributed by atoms with Crippen molar-refractivity contribution in [2.24, 2.45) is 0 Å². The van der Waals surface area contributed by atoms with Crippen molar-refractivity contribution in [1.29, 1.82) is 0 Å². The molecular formula is C18H22N2O2S. The molecule has 1 aromatic carbocycles. The number of amides is 1. The summed E-state index contributed by atoms with van der Waals surface area (Å²) in [5.74, 6) is 0.810. The van der Waals surface area contributed by atoms with Crippen molar-refractivity contribution >= 4 is 22.2 Å². The summed E-state index contributed by atoms with van der Waals surface area (Å²) >= 11 is 1.61. The number of thiophene rings is 1. The van der Waals surface area contributed by atoms with E-state index >= 15 is 0 Å². The van der Waals surface area contributed by atoms with E-state index in [2.05, 4.69) is 23.2 Å². The van der Waals surface area contributed by atoms with Crippen LogP contribution in [0, 0.1) is 0 Å². The molecule has 23 heavy (non-hydrogen) atoms. The second-order valence-corrected chi connectivity index (χ2v) is 6.69. The van der Waals surface area contributed by atoms with Gasteiger partial charge in [-0.05, 0) is 49.1 Å². The molecule has 2 heterocycles. The van der Waals surface area contributed by atoms with Crippen LogP contribution in [0.5, 0.6) is 5.75 Å². The summed E-state index contributed by atoms with van der Waals surface area (Å²) in [5, 5.41) is 4.27. The van der Waals surface area contributed by atoms with Gasteiger partial charge in [0.25, 0.3) is 5.91 Å². The van der Waals surface area contributed by atoms with E-state index in [-0.39, 0.29) is 5.91 Å². The van der Waals surface area contributed by atoms with Gasteiger partial charge in [0.05, 0.1) is 17.0 Å². The highest BCUT2D eigenvalue weighted by Crippen LogP contribution is 2.35. The summed E-state index contributed by atoms with van der Waals surface area (Å²) in [7, 11) is 1.65. The van der Waals surface area contributed by atoms with Gasteiger partial charge >= 0.3 is 0 Å². The molecule has 0 aliphatic carbocycles. The standard InChI is InChI=1S/C18H22N2O2S/c1-3-20-9-5-7-14-11-16(23-18(14)20)17(21)19-12-13-6-4-8-15(10-13)22-2/h4,6,8,10-11H,3,5,7,9,12H2,1-2H3,(H,19,21). The number of nitrogens with zero attached hydrogens (tertiary/aromatic N) is 1. The number of hydrogen-bond donors (Lipinski definition) is 1. The Bertz CT molecular complexity index is 696. The lowest BCUT2D eigenvalue weighted by atomic mass is 10.1. The number of rotatable bonds is 5. The summed E-state index contributed by atoms with van der Waals surface area (Å²) in [6.07, 6.45) is 2.24. The molecule has 0 saturated carbocycles. The smallest absolute Gasteiger partial charge is 0.261 e. The molecule has 4 nitrogen and oxygen atoms in total. The molecule has 0 saturated heterocycles. The third kappa shape index (κ3) is 3.50. The number of carbonyl (C=O) groups excluding carboxylic acids is 1. The van der Waals surface area contributed by atoms with E-state index in [0.717, 1.165) is 35.7 Å². The summed E-state index contributed by atoms with van der Waals surface area (Å²) < 4.78 is 5.21. The predicted molar refractivity (Wildman–Crippen MR) is 94.7 cm³/mol. The Morgan fingerprint density at radius 2 is 2.26 bits per heavy atom. The minimum Gasteiger partial charge on any atom is -0.497 e. The van der Waals surface area contributed by atoms with Crippen LogP contribution in [0.15, 0.2) is 30.3 Å². The molecular weight excluding hydrogens is 308 g/mol. The zero-order chi connectivity index (χ0) is 16.2. The minimum atomic E-state index is 0.00303. The zero-order valence-corrected chi connectivity index (χ0v) is 14.4. The minimum absolute atomic E-state index is 0.00303. The first-order valence-corrected chi connectivity index (χ1v) is 8.81. The number of ether oxygens (including phenoxy) is 1. The number of benzene rings is 1. The molecule has 3 rings (SSSR count). The molecule has 1 amide bonds. The lowest BCUT2D eigenvalue weighted by molar-refractivity contribution is 0.0955. The molecule has 1 N–H and O–H groups in total. The number of carbonyl (C=O) groups is 1. The molecule has 2 aromatic rings. The van der Waals surface area contributed by atoms with Crippen LogP contribution >= 0.6 is 11.3 Å². The van der Waals surface area contributed by atoms with E-state index in [1.54, 1.807) is 18.4 Å². The Labute approximate surface area is 141 Å². The predicted octanol–water partition coefficient (Wildman–Crippen LogP) is 3.46. The number of hydrogen-bond acceptors (Lipinski definition) is 4. The molecule has 0 atom stereocenters. The van der Waals surface area contributed by atoms with Gasteiger partial charge in [0.2, 0.25) is 0 Å². The van der Waals surface area contributed by atoms with Gasteiger partial charge in [-0.2, -0.15) is 0 Å². The molecule has 1 aliphatic rings. The molecule has 122 valence electrons. The average Bonchev–Trinajstić information content (AvgIpc) is 3.04. The highest BCUT2D eigenvalue weighted by molar-refractivity contribution is 7.18. The Morgan fingerprint density at radius 1 is 1.39 bits per heavy atom. The van der Waals surface area contributed by atoms with E-state index in [1.165, 1.54) is 17.0 Å². The quantitative estimate of drug-likeness (QED) is 0.913. The normalized spacial score (nSPS) is 13.6. The van der Waals surface area contributed by atoms with Gasteiger partial charge in [0, 0.05) is 19.6 Å². The van der Waals surface area contributed by atoms with Crippen molar-refractivity contribution < 1.29 is 9.53 Å². The van der Waals surface area contributed by atoms with E-state index in [9.17, 15) is 4.79 Å². The fourth-order valence-electron chi connectivity index (χ4n) is 2.89. The fraction of sp³-hybridized carbons (Fsp3) is 0.389. The van der Waals surface area contributed by atoms with Crippen molar-refractivity contribution in [3.8, 4) is 5.75 Å². The van der Waals surface area contributed by atoms with Crippen LogP contribution in [-0.2, 0) is 13.0 Å². The number of anilines is 1. The highest BCUT2D eigenvalue weighted by Gasteiger charge is 2.21. The Hall–Kier alpha value is -2.01. The molecule has 5 heteroatoms. The first kappa shape index (κ1) is 15.9. The average molecular weight is 330 g/mol. The van der Waals surface area contributed by atoms with Crippen molar-refractivity contribution in [2.75, 3.05) is 25.1 Å². The van der Waals surface area contributed by atoms with Crippen molar-refractivity contribution in [1.82, 2.24) is 5.32 Å². The summed E-state index contributed by atoms with van der Waals surface area (Å²) in [6, 6.07) is 9.82. The van der Waals surface area contributed by atoms with Crippen LogP contribution in [0.25, 0.3) is 0 Å². The molecule has 0 fully saturated rings. The van der Waals surface area contributed by atoms with E-state index in [4.69, 9.17) is 4.74 Å².